The molecule has 1 aromatic heterocycles. The molecule has 0 radical (unpaired) electrons. The Morgan fingerprint density at radius 3 is 2.07 bits per heavy atom. The summed E-state index contributed by atoms with van der Waals surface area (Å²) in [5.74, 6) is 0.433. The molecule has 3 aromatic rings. The highest BCUT2D eigenvalue weighted by Crippen LogP contribution is 2.38. The number of Topliss-reactive ketones (excluding diaryl/α,β-unsaturated/α-hetero) is 1. The third-order valence-corrected chi connectivity index (χ3v) is 5.29. The van der Waals surface area contributed by atoms with Crippen molar-refractivity contribution in [1.82, 2.24) is 0 Å². The zero-order chi connectivity index (χ0) is 18.5. The molecule has 4 rings (SSSR count). The molecule has 0 saturated carbocycles. The molecule has 0 spiro atoms. The van der Waals surface area contributed by atoms with Crippen LogP contribution in [0.25, 0.3) is 0 Å². The van der Waals surface area contributed by atoms with E-state index in [1.54, 1.807) is 12.1 Å². The van der Waals surface area contributed by atoms with Gasteiger partial charge in [-0.3, -0.25) is 4.79 Å². The first-order valence-electron chi connectivity index (χ1n) is 9.55. The lowest BCUT2D eigenvalue weighted by Gasteiger charge is -2.30. The first-order valence-corrected chi connectivity index (χ1v) is 9.55. The van der Waals surface area contributed by atoms with Gasteiger partial charge in [-0.05, 0) is 36.1 Å². The predicted octanol–water partition coefficient (Wildman–Crippen LogP) is 5.26. The van der Waals surface area contributed by atoms with Gasteiger partial charge in [0.2, 0.25) is 5.78 Å². The lowest BCUT2D eigenvalue weighted by molar-refractivity contribution is -0.0405. The number of benzene rings is 2. The molecule has 1 saturated heterocycles. The van der Waals surface area contributed by atoms with Crippen molar-refractivity contribution in [2.75, 3.05) is 0 Å². The average Bonchev–Trinajstić information content (AvgIpc) is 3.34. The minimum Gasteiger partial charge on any atom is -0.461 e. The van der Waals surface area contributed by atoms with E-state index in [4.69, 9.17) is 9.15 Å². The average molecular weight is 360 g/mol. The standard InChI is InChI=1S/C24H24O3/c25-22(23-12-7-15-26-23)16-21-13-14-24(27-21,17-19-8-3-1-4-9-19)18-20-10-5-2-6-11-20/h1-12,15,21H,13-14,16-18H2. The van der Waals surface area contributed by atoms with Crippen LogP contribution in [0.1, 0.15) is 40.9 Å². The van der Waals surface area contributed by atoms with Crippen molar-refractivity contribution in [3.8, 4) is 0 Å². The van der Waals surface area contributed by atoms with Crippen molar-refractivity contribution in [2.45, 2.75) is 43.8 Å². The lowest BCUT2D eigenvalue weighted by Crippen LogP contribution is -2.35. The van der Waals surface area contributed by atoms with E-state index in [9.17, 15) is 4.79 Å². The van der Waals surface area contributed by atoms with Gasteiger partial charge in [0, 0.05) is 19.3 Å². The molecule has 1 atom stereocenters. The summed E-state index contributed by atoms with van der Waals surface area (Å²) >= 11 is 0. The molecular formula is C24H24O3. The summed E-state index contributed by atoms with van der Waals surface area (Å²) in [5.41, 5.74) is 2.27. The largest absolute Gasteiger partial charge is 0.461 e. The maximum atomic E-state index is 12.4. The van der Waals surface area contributed by atoms with Gasteiger partial charge >= 0.3 is 0 Å². The van der Waals surface area contributed by atoms with Crippen LogP contribution in [0.3, 0.4) is 0 Å². The molecular weight excluding hydrogens is 336 g/mol. The van der Waals surface area contributed by atoms with Crippen LogP contribution in [-0.2, 0) is 17.6 Å². The Kier molecular flexibility index (Phi) is 5.21. The van der Waals surface area contributed by atoms with Gasteiger partial charge in [0.25, 0.3) is 0 Å². The van der Waals surface area contributed by atoms with Crippen molar-refractivity contribution >= 4 is 5.78 Å². The van der Waals surface area contributed by atoms with Gasteiger partial charge in [-0.2, -0.15) is 0 Å². The topological polar surface area (TPSA) is 39.4 Å². The second kappa shape index (κ2) is 7.93. The first-order chi connectivity index (χ1) is 13.2. The second-order valence-electron chi connectivity index (χ2n) is 7.39. The van der Waals surface area contributed by atoms with Crippen LogP contribution in [-0.4, -0.2) is 17.5 Å². The van der Waals surface area contributed by atoms with Crippen LogP contribution in [0.2, 0.25) is 0 Å². The summed E-state index contributed by atoms with van der Waals surface area (Å²) in [4.78, 5) is 12.4. The third kappa shape index (κ3) is 4.37. The number of carbonyl (C=O) groups is 1. The van der Waals surface area contributed by atoms with E-state index in [2.05, 4.69) is 48.5 Å². The molecule has 1 fully saturated rings. The quantitative estimate of drug-likeness (QED) is 0.540. The normalized spacial score (nSPS) is 18.4. The number of hydrogen-bond donors (Lipinski definition) is 0. The van der Waals surface area contributed by atoms with Crippen molar-refractivity contribution < 1.29 is 13.9 Å². The summed E-state index contributed by atoms with van der Waals surface area (Å²) < 4.78 is 11.8. The minimum atomic E-state index is -0.267. The molecule has 138 valence electrons. The first kappa shape index (κ1) is 17.7. The smallest absolute Gasteiger partial charge is 0.200 e. The Labute approximate surface area is 160 Å². The van der Waals surface area contributed by atoms with Crippen LogP contribution in [0.15, 0.2) is 83.5 Å². The van der Waals surface area contributed by atoms with Crippen molar-refractivity contribution in [2.24, 2.45) is 0 Å². The number of carbonyl (C=O) groups excluding carboxylic acids is 1. The molecule has 27 heavy (non-hydrogen) atoms. The summed E-state index contributed by atoms with van der Waals surface area (Å²) in [7, 11) is 0. The summed E-state index contributed by atoms with van der Waals surface area (Å²) in [5, 5.41) is 0. The number of furan rings is 1. The maximum absolute atomic E-state index is 12.4. The van der Waals surface area contributed by atoms with E-state index < -0.39 is 0 Å². The highest BCUT2D eigenvalue weighted by molar-refractivity contribution is 5.93. The molecule has 3 heteroatoms. The monoisotopic (exact) mass is 360 g/mol. The van der Waals surface area contributed by atoms with Crippen LogP contribution in [0.4, 0.5) is 0 Å². The van der Waals surface area contributed by atoms with Gasteiger partial charge in [-0.25, -0.2) is 0 Å². The van der Waals surface area contributed by atoms with Crippen LogP contribution in [0.5, 0.6) is 0 Å². The predicted molar refractivity (Wildman–Crippen MR) is 105 cm³/mol. The molecule has 3 nitrogen and oxygen atoms in total. The number of rotatable bonds is 7. The fourth-order valence-corrected chi connectivity index (χ4v) is 4.04. The van der Waals surface area contributed by atoms with Crippen molar-refractivity contribution in [3.63, 3.8) is 0 Å². The maximum Gasteiger partial charge on any atom is 0.200 e. The Hall–Kier alpha value is -2.65. The van der Waals surface area contributed by atoms with Crippen molar-refractivity contribution in [1.29, 1.82) is 0 Å². The molecule has 0 amide bonds. The SMILES string of the molecule is O=C(CC1CCC(Cc2ccccc2)(Cc2ccccc2)O1)c1ccco1. The Morgan fingerprint density at radius 1 is 0.889 bits per heavy atom. The van der Waals surface area contributed by atoms with Crippen molar-refractivity contribution in [3.05, 3.63) is 95.9 Å². The zero-order valence-electron chi connectivity index (χ0n) is 15.3. The molecule has 0 N–H and O–H groups in total. The molecule has 0 aliphatic carbocycles. The van der Waals surface area contributed by atoms with E-state index in [0.717, 1.165) is 25.7 Å². The second-order valence-corrected chi connectivity index (χ2v) is 7.39. The van der Waals surface area contributed by atoms with E-state index in [1.165, 1.54) is 17.4 Å². The highest BCUT2D eigenvalue weighted by atomic mass is 16.5. The van der Waals surface area contributed by atoms with E-state index in [-0.39, 0.29) is 17.5 Å². The highest BCUT2D eigenvalue weighted by Gasteiger charge is 2.41. The van der Waals surface area contributed by atoms with Gasteiger partial charge in [0.1, 0.15) is 0 Å². The van der Waals surface area contributed by atoms with Gasteiger partial charge in [0.05, 0.1) is 18.0 Å². The molecule has 2 heterocycles. The Bertz CT molecular complexity index is 812. The van der Waals surface area contributed by atoms with Crippen LogP contribution >= 0.6 is 0 Å². The molecule has 0 bridgehead atoms. The van der Waals surface area contributed by atoms with Crippen LogP contribution in [0, 0.1) is 0 Å². The van der Waals surface area contributed by atoms with E-state index in [1.807, 2.05) is 12.1 Å². The minimum absolute atomic E-state index is 0.0141. The lowest BCUT2D eigenvalue weighted by atomic mass is 9.85. The Morgan fingerprint density at radius 2 is 1.52 bits per heavy atom. The molecule has 1 unspecified atom stereocenters. The number of ketones is 1. The van der Waals surface area contributed by atoms with Gasteiger partial charge in [0.15, 0.2) is 5.76 Å². The summed E-state index contributed by atoms with van der Waals surface area (Å²) in [6.07, 6.45) is 5.41. The van der Waals surface area contributed by atoms with Gasteiger partial charge in [-0.15, -0.1) is 0 Å². The molecule has 1 aliphatic heterocycles. The molecule has 1 aliphatic rings. The molecule has 2 aromatic carbocycles. The van der Waals surface area contributed by atoms with E-state index in [0.29, 0.717) is 12.2 Å². The number of ether oxygens (including phenoxy) is 1. The fourth-order valence-electron chi connectivity index (χ4n) is 4.04. The van der Waals surface area contributed by atoms with Crippen LogP contribution < -0.4 is 0 Å². The van der Waals surface area contributed by atoms with Gasteiger partial charge < -0.3 is 9.15 Å². The number of hydrogen-bond acceptors (Lipinski definition) is 3. The summed E-state index contributed by atoms with van der Waals surface area (Å²) in [6.45, 7) is 0. The third-order valence-electron chi connectivity index (χ3n) is 5.29. The van der Waals surface area contributed by atoms with Gasteiger partial charge in [-0.1, -0.05) is 60.7 Å². The van der Waals surface area contributed by atoms with E-state index >= 15 is 0 Å². The fraction of sp³-hybridized carbons (Fsp3) is 0.292. The summed E-state index contributed by atoms with van der Waals surface area (Å²) in [6, 6.07) is 24.4. The Balaban J connectivity index is 1.51. The zero-order valence-corrected chi connectivity index (χ0v) is 15.3.